The van der Waals surface area contributed by atoms with Gasteiger partial charge in [-0.3, -0.25) is 0 Å². The number of nitriles is 1. The normalized spacial score (nSPS) is 10.9. The third-order valence-corrected chi connectivity index (χ3v) is 1.25. The van der Waals surface area contributed by atoms with Gasteiger partial charge in [-0.2, -0.15) is 5.26 Å². The first kappa shape index (κ1) is 13.8. The van der Waals surface area contributed by atoms with Crippen molar-refractivity contribution in [2.75, 3.05) is 13.7 Å². The molecule has 16 heavy (non-hydrogen) atoms. The maximum absolute atomic E-state index is 11.0. The van der Waals surface area contributed by atoms with Crippen molar-refractivity contribution < 1.29 is 19.1 Å². The average molecular weight is 225 g/mol. The van der Waals surface area contributed by atoms with Crippen LogP contribution in [0.3, 0.4) is 0 Å². The number of amides is 1. The number of esters is 1. The van der Waals surface area contributed by atoms with E-state index in [4.69, 9.17) is 5.26 Å². The molecule has 1 amide bonds. The Morgan fingerprint density at radius 3 is 2.69 bits per heavy atom. The van der Waals surface area contributed by atoms with Crippen molar-refractivity contribution in [2.24, 2.45) is 10.2 Å². The van der Waals surface area contributed by atoms with Gasteiger partial charge in [-0.05, 0) is 6.92 Å². The summed E-state index contributed by atoms with van der Waals surface area (Å²) in [6.07, 6.45) is 0.331. The van der Waals surface area contributed by atoms with Crippen LogP contribution in [0.15, 0.2) is 22.0 Å². The van der Waals surface area contributed by atoms with Crippen LogP contribution in [-0.2, 0) is 14.3 Å². The van der Waals surface area contributed by atoms with Crippen LogP contribution in [-0.4, -0.2) is 25.8 Å². The molecule has 0 spiro atoms. The molecule has 0 rings (SSSR count). The fourth-order valence-corrected chi connectivity index (χ4v) is 0.599. The Labute approximate surface area is 92.4 Å². The van der Waals surface area contributed by atoms with Crippen molar-refractivity contribution in [1.29, 1.82) is 5.26 Å². The minimum Gasteiger partial charge on any atom is -0.461 e. The molecule has 0 heterocycles. The Hall–Kier alpha value is -2.23. The lowest BCUT2D eigenvalue weighted by Gasteiger charge is -1.96. The topological polar surface area (TPSA) is 101 Å². The van der Waals surface area contributed by atoms with E-state index in [1.807, 2.05) is 6.07 Å². The Bertz CT molecular complexity index is 354. The van der Waals surface area contributed by atoms with E-state index in [1.54, 1.807) is 0 Å². The van der Waals surface area contributed by atoms with Gasteiger partial charge in [-0.1, -0.05) is 5.11 Å². The highest BCUT2D eigenvalue weighted by Gasteiger charge is 1.99. The summed E-state index contributed by atoms with van der Waals surface area (Å²) >= 11 is 0. The molecule has 0 aromatic rings. The minimum absolute atomic E-state index is 0.0211. The monoisotopic (exact) mass is 225 g/mol. The summed E-state index contributed by atoms with van der Waals surface area (Å²) < 4.78 is 8.84. The van der Waals surface area contributed by atoms with Gasteiger partial charge in [-0.25, -0.2) is 9.59 Å². The van der Waals surface area contributed by atoms with E-state index in [1.165, 1.54) is 6.92 Å². The minimum atomic E-state index is -0.856. The van der Waals surface area contributed by atoms with Crippen molar-refractivity contribution in [1.82, 2.24) is 0 Å². The van der Waals surface area contributed by atoms with Gasteiger partial charge in [0.25, 0.3) is 0 Å². The van der Waals surface area contributed by atoms with E-state index in [0.29, 0.717) is 0 Å². The summed E-state index contributed by atoms with van der Waals surface area (Å²) in [6.45, 7) is 1.49. The molecule has 0 N–H and O–H groups in total. The molecule has 0 radical (unpaired) electrons. The lowest BCUT2D eigenvalue weighted by atomic mass is 10.4. The van der Waals surface area contributed by atoms with Gasteiger partial charge in [0.2, 0.25) is 0 Å². The maximum atomic E-state index is 11.0. The predicted molar refractivity (Wildman–Crippen MR) is 52.2 cm³/mol. The van der Waals surface area contributed by atoms with Crippen LogP contribution in [0.4, 0.5) is 4.79 Å². The third kappa shape index (κ3) is 7.20. The van der Waals surface area contributed by atoms with Gasteiger partial charge in [-0.15, -0.1) is 5.11 Å². The van der Waals surface area contributed by atoms with E-state index in [-0.39, 0.29) is 18.7 Å². The molecule has 0 saturated heterocycles. The van der Waals surface area contributed by atoms with Crippen LogP contribution in [0.1, 0.15) is 13.3 Å². The number of nitrogens with zero attached hydrogens (tertiary/aromatic N) is 3. The fraction of sp³-hybridized carbons (Fsp3) is 0.444. The molecule has 7 nitrogen and oxygen atoms in total. The number of allylic oxidation sites excluding steroid dienone is 1. The van der Waals surface area contributed by atoms with E-state index >= 15 is 0 Å². The van der Waals surface area contributed by atoms with Crippen LogP contribution in [0, 0.1) is 11.3 Å². The van der Waals surface area contributed by atoms with Crippen molar-refractivity contribution in [3.63, 3.8) is 0 Å². The smallest absolute Gasteiger partial charge is 0.452 e. The zero-order valence-corrected chi connectivity index (χ0v) is 8.97. The van der Waals surface area contributed by atoms with Crippen LogP contribution in [0.25, 0.3) is 0 Å². The fourth-order valence-electron chi connectivity index (χ4n) is 0.599. The van der Waals surface area contributed by atoms with Crippen LogP contribution >= 0.6 is 0 Å². The molecule has 0 unspecified atom stereocenters. The number of rotatable bonds is 4. The van der Waals surface area contributed by atoms with Gasteiger partial charge in [0.1, 0.15) is 6.61 Å². The van der Waals surface area contributed by atoms with Crippen molar-refractivity contribution in [3.8, 4) is 6.07 Å². The van der Waals surface area contributed by atoms with Gasteiger partial charge >= 0.3 is 12.1 Å². The average Bonchev–Trinajstić information content (AvgIpc) is 2.26. The van der Waals surface area contributed by atoms with Gasteiger partial charge in [0.05, 0.1) is 25.3 Å². The molecule has 86 valence electrons. The number of hydrogen-bond acceptors (Lipinski definition) is 6. The zero-order chi connectivity index (χ0) is 12.4. The second kappa shape index (κ2) is 8.11. The van der Waals surface area contributed by atoms with E-state index in [2.05, 4.69) is 19.7 Å². The zero-order valence-electron chi connectivity index (χ0n) is 8.97. The number of carbonyl (C=O) groups excluding carboxylic acids is 2. The van der Waals surface area contributed by atoms with E-state index < -0.39 is 12.1 Å². The van der Waals surface area contributed by atoms with Crippen molar-refractivity contribution >= 4 is 12.1 Å². The molecule has 0 bridgehead atoms. The summed E-state index contributed by atoms with van der Waals surface area (Å²) in [6, 6.07) is 1.82. The Morgan fingerprint density at radius 1 is 1.44 bits per heavy atom. The largest absolute Gasteiger partial charge is 0.461 e. The quantitative estimate of drug-likeness (QED) is 0.312. The molecule has 0 aliphatic rings. The molecule has 0 fully saturated rings. The molecule has 0 saturated carbocycles. The third-order valence-electron chi connectivity index (χ3n) is 1.25. The number of methoxy groups -OCH3 is 1. The summed E-state index contributed by atoms with van der Waals surface area (Å²) in [5.41, 5.74) is 0.201. The lowest BCUT2D eigenvalue weighted by Crippen LogP contribution is -2.02. The Balaban J connectivity index is 4.12. The first-order valence-corrected chi connectivity index (χ1v) is 4.32. The number of azo groups is 1. The Morgan fingerprint density at radius 2 is 2.12 bits per heavy atom. The van der Waals surface area contributed by atoms with Gasteiger partial charge in [0.15, 0.2) is 0 Å². The van der Waals surface area contributed by atoms with Gasteiger partial charge in [0, 0.05) is 6.08 Å². The molecule has 0 aliphatic carbocycles. The second-order valence-corrected chi connectivity index (χ2v) is 2.53. The molecule has 0 aromatic carbocycles. The SMILES string of the molecule is COC(=O)N=N/C(C)=C\C(=O)OCCC#N. The summed E-state index contributed by atoms with van der Waals surface area (Å²) in [7, 11) is 1.16. The van der Waals surface area contributed by atoms with Crippen LogP contribution in [0.2, 0.25) is 0 Å². The highest BCUT2D eigenvalue weighted by atomic mass is 16.5. The predicted octanol–water partition coefficient (Wildman–Crippen LogP) is 1.57. The van der Waals surface area contributed by atoms with E-state index in [0.717, 1.165) is 13.2 Å². The standard InChI is InChI=1S/C9H11N3O4/c1-7(11-12-9(14)15-2)6-8(13)16-5-3-4-10/h6H,3,5H2,1-2H3/b7-6-,12-11?. The first-order valence-electron chi connectivity index (χ1n) is 4.32. The summed E-state index contributed by atoms with van der Waals surface area (Å²) in [5, 5.41) is 14.7. The molecule has 7 heteroatoms. The van der Waals surface area contributed by atoms with Crippen LogP contribution in [0.5, 0.6) is 0 Å². The lowest BCUT2D eigenvalue weighted by molar-refractivity contribution is -0.137. The summed E-state index contributed by atoms with van der Waals surface area (Å²) in [4.78, 5) is 21.6. The van der Waals surface area contributed by atoms with Crippen LogP contribution < -0.4 is 0 Å². The number of carbonyl (C=O) groups is 2. The second-order valence-electron chi connectivity index (χ2n) is 2.53. The molecular formula is C9H11N3O4. The Kier molecular flexibility index (Phi) is 6.98. The maximum Gasteiger partial charge on any atom is 0.452 e. The molecule has 0 aliphatic heterocycles. The van der Waals surface area contributed by atoms with Crippen molar-refractivity contribution in [3.05, 3.63) is 11.8 Å². The van der Waals surface area contributed by atoms with Crippen molar-refractivity contribution in [2.45, 2.75) is 13.3 Å². The number of hydrogen-bond donors (Lipinski definition) is 0. The first-order chi connectivity index (χ1) is 7.60. The summed E-state index contributed by atoms with van der Waals surface area (Å²) in [5.74, 6) is -0.642. The highest BCUT2D eigenvalue weighted by Crippen LogP contribution is 1.98. The molecule has 0 atom stereocenters. The highest BCUT2D eigenvalue weighted by molar-refractivity contribution is 5.82. The molecule has 0 aromatic heterocycles. The number of ether oxygens (including phenoxy) is 2. The van der Waals surface area contributed by atoms with E-state index in [9.17, 15) is 9.59 Å². The molecular weight excluding hydrogens is 214 g/mol. The van der Waals surface area contributed by atoms with Gasteiger partial charge < -0.3 is 9.47 Å².